The molecule has 0 saturated heterocycles. The lowest BCUT2D eigenvalue weighted by Crippen LogP contribution is -2.03. The average molecular weight is 393 g/mol. The van der Waals surface area contributed by atoms with Gasteiger partial charge in [0.05, 0.1) is 21.2 Å². The van der Waals surface area contributed by atoms with E-state index >= 15 is 0 Å². The first-order valence-electron chi connectivity index (χ1n) is 7.89. The number of nitrogens with one attached hydrogen (secondary N) is 1. The van der Waals surface area contributed by atoms with Gasteiger partial charge in [0.1, 0.15) is 23.1 Å². The fourth-order valence-corrected chi connectivity index (χ4v) is 3.20. The summed E-state index contributed by atoms with van der Waals surface area (Å²) < 4.78 is 29.3. The molecule has 0 atom stereocenters. The minimum atomic E-state index is -0.849. The van der Waals surface area contributed by atoms with Gasteiger partial charge in [-0.3, -0.25) is 14.8 Å². The number of anilines is 2. The summed E-state index contributed by atoms with van der Waals surface area (Å²) in [6, 6.07) is 6.43. The molecule has 0 radical (unpaired) electrons. The molecule has 1 N–H and O–H groups in total. The molecule has 1 aromatic heterocycles. The highest BCUT2D eigenvalue weighted by Gasteiger charge is 2.24. The maximum absolute atomic E-state index is 14.5. The maximum atomic E-state index is 14.5. The molecular formula is C18H15ClF2N4O2. The van der Waals surface area contributed by atoms with Gasteiger partial charge in [0, 0.05) is 24.7 Å². The number of rotatable bonds is 4. The van der Waals surface area contributed by atoms with E-state index in [1.165, 1.54) is 10.7 Å². The molecule has 0 unspecified atom stereocenters. The summed E-state index contributed by atoms with van der Waals surface area (Å²) in [7, 11) is 1.61. The number of aryl methyl sites for hydroxylation is 3. The third-order valence-electron chi connectivity index (χ3n) is 4.08. The SMILES string of the molecule is Cc1ccc(Nc2c(-c3c(F)cc(F)cc3Cl)c(C)nn2C)c([N+](=O)[O-])c1. The van der Waals surface area contributed by atoms with Crippen LogP contribution in [0, 0.1) is 35.6 Å². The van der Waals surface area contributed by atoms with Gasteiger partial charge in [-0.25, -0.2) is 8.78 Å². The standard InChI is InChI=1S/C18H15ClF2N4O2/c1-9-4-5-14(15(6-9)25(26)27)22-18-16(10(2)23-24(18)3)17-12(19)7-11(20)8-13(17)21/h4-8,22H,1-3H3. The Morgan fingerprint density at radius 2 is 1.89 bits per heavy atom. The summed E-state index contributed by atoms with van der Waals surface area (Å²) in [5.74, 6) is -1.35. The van der Waals surface area contributed by atoms with Gasteiger partial charge in [0.15, 0.2) is 0 Å². The van der Waals surface area contributed by atoms with Crippen molar-refractivity contribution in [2.24, 2.45) is 7.05 Å². The molecule has 0 saturated carbocycles. The third kappa shape index (κ3) is 3.48. The number of hydrogen-bond acceptors (Lipinski definition) is 4. The zero-order valence-corrected chi connectivity index (χ0v) is 15.4. The van der Waals surface area contributed by atoms with Crippen LogP contribution in [0.4, 0.5) is 26.0 Å². The van der Waals surface area contributed by atoms with Gasteiger partial charge >= 0.3 is 0 Å². The zero-order chi connectivity index (χ0) is 19.9. The van der Waals surface area contributed by atoms with Crippen molar-refractivity contribution in [2.75, 3.05) is 5.32 Å². The molecule has 0 aliphatic carbocycles. The van der Waals surface area contributed by atoms with Crippen LogP contribution < -0.4 is 5.32 Å². The van der Waals surface area contributed by atoms with E-state index in [4.69, 9.17) is 11.6 Å². The molecule has 140 valence electrons. The number of nitrogens with zero attached hydrogens (tertiary/aromatic N) is 3. The Morgan fingerprint density at radius 3 is 2.52 bits per heavy atom. The van der Waals surface area contributed by atoms with Crippen LogP contribution in [0.15, 0.2) is 30.3 Å². The van der Waals surface area contributed by atoms with Crippen LogP contribution in [0.2, 0.25) is 5.02 Å². The zero-order valence-electron chi connectivity index (χ0n) is 14.7. The lowest BCUT2D eigenvalue weighted by molar-refractivity contribution is -0.384. The summed E-state index contributed by atoms with van der Waals surface area (Å²) in [4.78, 5) is 10.9. The second-order valence-electron chi connectivity index (χ2n) is 6.08. The van der Waals surface area contributed by atoms with E-state index in [1.807, 2.05) is 0 Å². The minimum Gasteiger partial charge on any atom is -0.334 e. The molecule has 1 heterocycles. The van der Waals surface area contributed by atoms with Crippen molar-refractivity contribution in [1.29, 1.82) is 0 Å². The monoisotopic (exact) mass is 392 g/mol. The van der Waals surface area contributed by atoms with Crippen LogP contribution >= 0.6 is 11.6 Å². The van der Waals surface area contributed by atoms with Crippen molar-refractivity contribution in [2.45, 2.75) is 13.8 Å². The smallest absolute Gasteiger partial charge is 0.292 e. The molecule has 0 spiro atoms. The lowest BCUT2D eigenvalue weighted by atomic mass is 10.0. The molecule has 0 bridgehead atoms. The Labute approximate surface area is 158 Å². The normalized spacial score (nSPS) is 10.9. The van der Waals surface area contributed by atoms with Gasteiger partial charge in [-0.2, -0.15) is 5.10 Å². The Morgan fingerprint density at radius 1 is 1.19 bits per heavy atom. The molecule has 3 rings (SSSR count). The van der Waals surface area contributed by atoms with E-state index in [0.717, 1.165) is 17.7 Å². The Bertz CT molecular complexity index is 1040. The van der Waals surface area contributed by atoms with Gasteiger partial charge in [-0.15, -0.1) is 0 Å². The number of halogens is 3. The third-order valence-corrected chi connectivity index (χ3v) is 4.38. The second kappa shape index (κ2) is 6.96. The van der Waals surface area contributed by atoms with E-state index in [-0.39, 0.29) is 22.0 Å². The van der Waals surface area contributed by atoms with Crippen molar-refractivity contribution in [3.05, 3.63) is 68.4 Å². The van der Waals surface area contributed by atoms with Crippen LogP contribution in [0.1, 0.15) is 11.3 Å². The van der Waals surface area contributed by atoms with Gasteiger partial charge < -0.3 is 5.32 Å². The predicted molar refractivity (Wildman–Crippen MR) is 99.4 cm³/mol. The van der Waals surface area contributed by atoms with Crippen molar-refractivity contribution in [3.63, 3.8) is 0 Å². The van der Waals surface area contributed by atoms with Gasteiger partial charge in [0.2, 0.25) is 0 Å². The molecule has 0 aliphatic heterocycles. The largest absolute Gasteiger partial charge is 0.334 e. The summed E-state index contributed by atoms with van der Waals surface area (Å²) in [5.41, 5.74) is 1.51. The highest BCUT2D eigenvalue weighted by atomic mass is 35.5. The van der Waals surface area contributed by atoms with E-state index in [9.17, 15) is 18.9 Å². The van der Waals surface area contributed by atoms with E-state index in [2.05, 4.69) is 10.4 Å². The van der Waals surface area contributed by atoms with E-state index in [1.54, 1.807) is 33.0 Å². The van der Waals surface area contributed by atoms with Crippen LogP contribution in [0.3, 0.4) is 0 Å². The van der Waals surface area contributed by atoms with Crippen molar-refractivity contribution >= 4 is 28.8 Å². The lowest BCUT2D eigenvalue weighted by Gasteiger charge is -2.12. The quantitative estimate of drug-likeness (QED) is 0.483. The Balaban J connectivity index is 2.20. The minimum absolute atomic E-state index is 0.0269. The molecule has 3 aromatic rings. The number of nitro groups is 1. The summed E-state index contributed by atoms with van der Waals surface area (Å²) in [5, 5.41) is 18.4. The molecule has 2 aromatic carbocycles. The topological polar surface area (TPSA) is 73.0 Å². The number of aromatic nitrogens is 2. The molecular weight excluding hydrogens is 378 g/mol. The number of hydrogen-bond donors (Lipinski definition) is 1. The molecule has 6 nitrogen and oxygen atoms in total. The van der Waals surface area contributed by atoms with E-state index < -0.39 is 16.6 Å². The Hall–Kier alpha value is -3.00. The maximum Gasteiger partial charge on any atom is 0.292 e. The first-order valence-corrected chi connectivity index (χ1v) is 8.27. The molecule has 9 heteroatoms. The fourth-order valence-electron chi connectivity index (χ4n) is 2.91. The molecule has 0 fully saturated rings. The van der Waals surface area contributed by atoms with Crippen LogP contribution in [-0.4, -0.2) is 14.7 Å². The van der Waals surface area contributed by atoms with Crippen molar-refractivity contribution in [3.8, 4) is 11.1 Å². The fraction of sp³-hybridized carbons (Fsp3) is 0.167. The first-order chi connectivity index (χ1) is 12.7. The summed E-state index contributed by atoms with van der Waals surface area (Å²) in [6.07, 6.45) is 0. The molecule has 0 aliphatic rings. The predicted octanol–water partition coefficient (Wildman–Crippen LogP) is 5.29. The van der Waals surface area contributed by atoms with Crippen LogP contribution in [0.5, 0.6) is 0 Å². The van der Waals surface area contributed by atoms with Gasteiger partial charge in [-0.1, -0.05) is 17.7 Å². The van der Waals surface area contributed by atoms with Crippen LogP contribution in [0.25, 0.3) is 11.1 Å². The van der Waals surface area contributed by atoms with Gasteiger partial charge in [-0.05, 0) is 31.5 Å². The summed E-state index contributed by atoms with van der Waals surface area (Å²) in [6.45, 7) is 3.38. The highest BCUT2D eigenvalue weighted by Crippen LogP contribution is 2.40. The van der Waals surface area contributed by atoms with Crippen molar-refractivity contribution < 1.29 is 13.7 Å². The number of nitro benzene ring substituents is 1. The van der Waals surface area contributed by atoms with Crippen molar-refractivity contribution in [1.82, 2.24) is 9.78 Å². The second-order valence-corrected chi connectivity index (χ2v) is 6.49. The summed E-state index contributed by atoms with van der Waals surface area (Å²) >= 11 is 6.07. The van der Waals surface area contributed by atoms with Crippen LogP contribution in [-0.2, 0) is 7.05 Å². The average Bonchev–Trinajstić information content (AvgIpc) is 2.82. The number of benzene rings is 2. The Kier molecular flexibility index (Phi) is 4.84. The molecule has 0 amide bonds. The highest BCUT2D eigenvalue weighted by molar-refractivity contribution is 6.33. The molecule has 27 heavy (non-hydrogen) atoms. The van der Waals surface area contributed by atoms with E-state index in [0.29, 0.717) is 17.1 Å². The van der Waals surface area contributed by atoms with Gasteiger partial charge in [0.25, 0.3) is 5.69 Å². The first kappa shape index (κ1) is 18.8.